The van der Waals surface area contributed by atoms with Crippen molar-refractivity contribution in [2.75, 3.05) is 12.8 Å². The number of nitrogen functional groups attached to an aromatic ring is 1. The number of hydrogen-bond acceptors (Lipinski definition) is 6. The zero-order valence-electron chi connectivity index (χ0n) is 7.47. The smallest absolute Gasteiger partial charge is 0.225 e. The molecule has 0 atom stereocenters. The predicted molar refractivity (Wildman–Crippen MR) is 54.1 cm³/mol. The molecule has 0 unspecified atom stereocenters. The summed E-state index contributed by atoms with van der Waals surface area (Å²) in [5.74, 6) is 0.994. The maximum absolute atomic E-state index is 5.43. The highest BCUT2D eigenvalue weighted by Crippen LogP contribution is 2.25. The second-order valence-corrected chi connectivity index (χ2v) is 3.37. The van der Waals surface area contributed by atoms with Crippen molar-refractivity contribution in [2.45, 2.75) is 0 Å². The van der Waals surface area contributed by atoms with Crippen LogP contribution in [0.2, 0.25) is 0 Å². The highest BCUT2D eigenvalue weighted by molar-refractivity contribution is 7.09. The lowest BCUT2D eigenvalue weighted by Crippen LogP contribution is -1.91. The molecule has 0 saturated carbocycles. The van der Waals surface area contributed by atoms with Gasteiger partial charge in [-0.15, -0.1) is 0 Å². The third-order valence-electron chi connectivity index (χ3n) is 1.62. The summed E-state index contributed by atoms with van der Waals surface area (Å²) in [6.45, 7) is 0. The van der Waals surface area contributed by atoms with Crippen LogP contribution < -0.4 is 10.5 Å². The van der Waals surface area contributed by atoms with Crippen LogP contribution in [0.3, 0.4) is 0 Å². The zero-order valence-corrected chi connectivity index (χ0v) is 8.28. The number of methoxy groups -OCH3 is 1. The topological polar surface area (TPSA) is 73.9 Å². The van der Waals surface area contributed by atoms with Crippen LogP contribution in [-0.2, 0) is 0 Å². The first-order valence-corrected chi connectivity index (χ1v) is 4.65. The Morgan fingerprint density at radius 2 is 2.21 bits per heavy atom. The zero-order chi connectivity index (χ0) is 9.97. The molecule has 2 rings (SSSR count). The van der Waals surface area contributed by atoms with Crippen LogP contribution in [0.25, 0.3) is 10.6 Å². The monoisotopic (exact) mass is 208 g/mol. The van der Waals surface area contributed by atoms with E-state index >= 15 is 0 Å². The summed E-state index contributed by atoms with van der Waals surface area (Å²) < 4.78 is 9.02. The maximum atomic E-state index is 5.43. The molecule has 0 radical (unpaired) electrons. The number of rotatable bonds is 2. The highest BCUT2D eigenvalue weighted by atomic mass is 32.1. The van der Waals surface area contributed by atoms with E-state index in [0.29, 0.717) is 11.7 Å². The minimum absolute atomic E-state index is 0.408. The fourth-order valence-electron chi connectivity index (χ4n) is 0.941. The molecule has 5 nitrogen and oxygen atoms in total. The van der Waals surface area contributed by atoms with Crippen molar-refractivity contribution in [3.63, 3.8) is 0 Å². The summed E-state index contributed by atoms with van der Waals surface area (Å²) in [6, 6.07) is 1.81. The number of anilines is 1. The molecule has 2 heterocycles. The Balaban J connectivity index is 2.34. The van der Waals surface area contributed by atoms with Crippen molar-refractivity contribution >= 4 is 17.4 Å². The lowest BCUT2D eigenvalue weighted by Gasteiger charge is -1.94. The summed E-state index contributed by atoms with van der Waals surface area (Å²) >= 11 is 1.31. The van der Waals surface area contributed by atoms with E-state index < -0.39 is 0 Å². The van der Waals surface area contributed by atoms with Crippen LogP contribution in [0.5, 0.6) is 5.88 Å². The van der Waals surface area contributed by atoms with Crippen molar-refractivity contribution in [3.8, 4) is 16.5 Å². The molecule has 0 saturated heterocycles. The molecule has 0 bridgehead atoms. The van der Waals surface area contributed by atoms with Gasteiger partial charge in [0.1, 0.15) is 11.5 Å². The van der Waals surface area contributed by atoms with E-state index in [2.05, 4.69) is 14.3 Å². The van der Waals surface area contributed by atoms with Crippen molar-refractivity contribution in [3.05, 3.63) is 18.5 Å². The third-order valence-corrected chi connectivity index (χ3v) is 2.42. The average Bonchev–Trinajstić information content (AvgIpc) is 2.67. The van der Waals surface area contributed by atoms with Gasteiger partial charge in [-0.05, 0) is 11.5 Å². The molecule has 72 valence electrons. The number of nitrogens with zero attached hydrogens (tertiary/aromatic N) is 3. The van der Waals surface area contributed by atoms with Gasteiger partial charge >= 0.3 is 0 Å². The molecule has 0 aliphatic carbocycles. The van der Waals surface area contributed by atoms with E-state index in [-0.39, 0.29) is 0 Å². The van der Waals surface area contributed by atoms with Crippen molar-refractivity contribution in [1.29, 1.82) is 0 Å². The lowest BCUT2D eigenvalue weighted by molar-refractivity contribution is 0.403. The third kappa shape index (κ3) is 1.64. The largest absolute Gasteiger partial charge is 0.480 e. The van der Waals surface area contributed by atoms with Crippen LogP contribution >= 0.6 is 11.5 Å². The van der Waals surface area contributed by atoms with Gasteiger partial charge in [-0.3, -0.25) is 0 Å². The Hall–Kier alpha value is -1.69. The molecule has 0 amide bonds. The Morgan fingerprint density at radius 1 is 1.36 bits per heavy atom. The van der Waals surface area contributed by atoms with E-state index in [1.807, 2.05) is 6.07 Å². The second kappa shape index (κ2) is 3.59. The molecular weight excluding hydrogens is 200 g/mol. The molecular formula is C8H8N4OS. The quantitative estimate of drug-likeness (QED) is 0.802. The first-order chi connectivity index (χ1) is 6.79. The molecule has 6 heteroatoms. The molecule has 2 aromatic rings. The lowest BCUT2D eigenvalue weighted by atomic mass is 10.4. The molecule has 0 aliphatic rings. The van der Waals surface area contributed by atoms with Gasteiger partial charge in [0.15, 0.2) is 0 Å². The van der Waals surface area contributed by atoms with Gasteiger partial charge in [0, 0.05) is 6.07 Å². The van der Waals surface area contributed by atoms with Crippen molar-refractivity contribution in [2.24, 2.45) is 0 Å². The van der Waals surface area contributed by atoms with Gasteiger partial charge in [-0.25, -0.2) is 9.97 Å². The summed E-state index contributed by atoms with van der Waals surface area (Å²) in [4.78, 5) is 8.98. The highest BCUT2D eigenvalue weighted by Gasteiger charge is 2.05. The normalized spacial score (nSPS) is 10.1. The fraction of sp³-hybridized carbons (Fsp3) is 0.125. The second-order valence-electron chi connectivity index (χ2n) is 2.56. The minimum atomic E-state index is 0.408. The molecule has 0 fully saturated rings. The summed E-state index contributed by atoms with van der Waals surface area (Å²) in [5, 5.41) is 0. The summed E-state index contributed by atoms with van der Waals surface area (Å²) in [6.07, 6.45) is 3.13. The SMILES string of the molecule is COc1cc(-c2cnc(N)cn2)sn1. The standard InChI is InChI=1S/C8H8N4OS/c1-13-8-2-6(14-12-8)5-3-11-7(9)4-10-5/h2-4H,1H3,(H2,9,11). The van der Waals surface area contributed by atoms with Gasteiger partial charge in [0.05, 0.1) is 24.4 Å². The summed E-state index contributed by atoms with van der Waals surface area (Å²) in [5.41, 5.74) is 6.18. The predicted octanol–water partition coefficient (Wildman–Crippen LogP) is 1.19. The molecule has 2 aromatic heterocycles. The van der Waals surface area contributed by atoms with E-state index in [4.69, 9.17) is 10.5 Å². The van der Waals surface area contributed by atoms with E-state index in [9.17, 15) is 0 Å². The number of ether oxygens (including phenoxy) is 1. The van der Waals surface area contributed by atoms with Crippen LogP contribution in [0.15, 0.2) is 18.5 Å². The van der Waals surface area contributed by atoms with Gasteiger partial charge in [-0.2, -0.15) is 4.37 Å². The Bertz CT molecular complexity index is 425. The van der Waals surface area contributed by atoms with E-state index in [1.54, 1.807) is 13.3 Å². The van der Waals surface area contributed by atoms with E-state index in [0.717, 1.165) is 10.6 Å². The van der Waals surface area contributed by atoms with Crippen molar-refractivity contribution < 1.29 is 4.74 Å². The number of aromatic nitrogens is 3. The van der Waals surface area contributed by atoms with Crippen LogP contribution in [-0.4, -0.2) is 21.5 Å². The fourth-order valence-corrected chi connectivity index (χ4v) is 1.61. The molecule has 0 aromatic carbocycles. The molecule has 14 heavy (non-hydrogen) atoms. The van der Waals surface area contributed by atoms with Gasteiger partial charge < -0.3 is 10.5 Å². The number of nitrogens with two attached hydrogens (primary N) is 1. The minimum Gasteiger partial charge on any atom is -0.480 e. The first-order valence-electron chi connectivity index (χ1n) is 3.88. The van der Waals surface area contributed by atoms with Gasteiger partial charge in [0.2, 0.25) is 5.88 Å². The Kier molecular flexibility index (Phi) is 2.28. The average molecular weight is 208 g/mol. The van der Waals surface area contributed by atoms with Crippen molar-refractivity contribution in [1.82, 2.24) is 14.3 Å². The van der Waals surface area contributed by atoms with Gasteiger partial charge in [-0.1, -0.05) is 0 Å². The summed E-state index contributed by atoms with van der Waals surface area (Å²) in [7, 11) is 1.58. The molecule has 2 N–H and O–H groups in total. The first kappa shape index (κ1) is 8.89. The molecule has 0 aliphatic heterocycles. The van der Waals surface area contributed by atoms with E-state index in [1.165, 1.54) is 17.7 Å². The van der Waals surface area contributed by atoms with Crippen LogP contribution in [0, 0.1) is 0 Å². The number of hydrogen-bond donors (Lipinski definition) is 1. The van der Waals surface area contributed by atoms with Gasteiger partial charge in [0.25, 0.3) is 0 Å². The maximum Gasteiger partial charge on any atom is 0.225 e. The molecule has 0 spiro atoms. The Labute approximate surface area is 84.7 Å². The Morgan fingerprint density at radius 3 is 2.79 bits per heavy atom. The van der Waals surface area contributed by atoms with Crippen LogP contribution in [0.4, 0.5) is 5.82 Å². The van der Waals surface area contributed by atoms with Crippen LogP contribution in [0.1, 0.15) is 0 Å².